The van der Waals surface area contributed by atoms with E-state index in [1.165, 1.54) is 0 Å². The molecular formula is C15H15N3O2. The molecule has 2 amide bonds. The van der Waals surface area contributed by atoms with E-state index in [1.807, 2.05) is 0 Å². The highest BCUT2D eigenvalue weighted by Crippen LogP contribution is 2.17. The van der Waals surface area contributed by atoms with Gasteiger partial charge in [-0.1, -0.05) is 24.3 Å². The molecule has 0 saturated heterocycles. The minimum Gasteiger partial charge on any atom is -0.397 e. The quantitative estimate of drug-likeness (QED) is 0.734. The van der Waals surface area contributed by atoms with Gasteiger partial charge in [0, 0.05) is 5.56 Å². The van der Waals surface area contributed by atoms with E-state index in [1.54, 1.807) is 48.5 Å². The van der Waals surface area contributed by atoms with Crippen molar-refractivity contribution in [2.75, 3.05) is 11.1 Å². The predicted molar refractivity (Wildman–Crippen MR) is 78.1 cm³/mol. The summed E-state index contributed by atoms with van der Waals surface area (Å²) in [6, 6.07) is 13.7. The number of hydrogen-bond donors (Lipinski definition) is 3. The van der Waals surface area contributed by atoms with Crippen molar-refractivity contribution in [3.8, 4) is 0 Å². The molecule has 2 rings (SSSR count). The third-order valence-corrected chi connectivity index (χ3v) is 2.84. The van der Waals surface area contributed by atoms with Crippen LogP contribution >= 0.6 is 0 Å². The standard InChI is InChI=1S/C15H15N3O2/c16-12-3-1-2-4-13(12)18-14(19)9-10-5-7-11(8-6-10)15(17)20/h1-8H,9,16H2,(H2,17,20)(H,18,19). The van der Waals surface area contributed by atoms with E-state index in [9.17, 15) is 9.59 Å². The number of hydrogen-bond acceptors (Lipinski definition) is 3. The number of nitrogens with two attached hydrogens (primary N) is 2. The number of carbonyl (C=O) groups excluding carboxylic acids is 2. The molecule has 0 fully saturated rings. The lowest BCUT2D eigenvalue weighted by atomic mass is 10.1. The molecule has 0 aromatic heterocycles. The molecule has 5 nitrogen and oxygen atoms in total. The van der Waals surface area contributed by atoms with Gasteiger partial charge in [0.2, 0.25) is 11.8 Å². The molecule has 0 aliphatic rings. The minimum absolute atomic E-state index is 0.172. The fraction of sp³-hybridized carbons (Fsp3) is 0.0667. The Labute approximate surface area is 116 Å². The Morgan fingerprint density at radius 3 is 2.25 bits per heavy atom. The van der Waals surface area contributed by atoms with Crippen molar-refractivity contribution in [3.05, 3.63) is 59.7 Å². The maximum Gasteiger partial charge on any atom is 0.248 e. The van der Waals surface area contributed by atoms with Crippen LogP contribution in [0.1, 0.15) is 15.9 Å². The summed E-state index contributed by atoms with van der Waals surface area (Å²) in [6.07, 6.45) is 0.202. The monoisotopic (exact) mass is 269 g/mol. The number of carbonyl (C=O) groups is 2. The highest BCUT2D eigenvalue weighted by Gasteiger charge is 2.07. The van der Waals surface area contributed by atoms with Crippen molar-refractivity contribution in [2.45, 2.75) is 6.42 Å². The van der Waals surface area contributed by atoms with E-state index in [4.69, 9.17) is 11.5 Å². The van der Waals surface area contributed by atoms with E-state index in [0.29, 0.717) is 16.9 Å². The van der Waals surface area contributed by atoms with Crippen LogP contribution in [0, 0.1) is 0 Å². The zero-order valence-corrected chi connectivity index (χ0v) is 10.8. The number of benzene rings is 2. The van der Waals surface area contributed by atoms with Gasteiger partial charge in [-0.25, -0.2) is 0 Å². The second-order valence-electron chi connectivity index (χ2n) is 4.37. The molecule has 2 aromatic rings. The molecule has 0 aliphatic carbocycles. The van der Waals surface area contributed by atoms with Crippen LogP contribution in [0.2, 0.25) is 0 Å². The minimum atomic E-state index is -0.488. The molecule has 0 heterocycles. The van der Waals surface area contributed by atoms with Gasteiger partial charge in [0.25, 0.3) is 0 Å². The van der Waals surface area contributed by atoms with E-state index in [-0.39, 0.29) is 12.3 Å². The number of anilines is 2. The Kier molecular flexibility index (Phi) is 4.00. The van der Waals surface area contributed by atoms with Gasteiger partial charge < -0.3 is 16.8 Å². The van der Waals surface area contributed by atoms with E-state index < -0.39 is 5.91 Å². The van der Waals surface area contributed by atoms with Crippen LogP contribution in [0.15, 0.2) is 48.5 Å². The Hall–Kier alpha value is -2.82. The number of primary amides is 1. The molecule has 5 N–H and O–H groups in total. The summed E-state index contributed by atoms with van der Waals surface area (Å²) in [7, 11) is 0. The summed E-state index contributed by atoms with van der Waals surface area (Å²) in [4.78, 5) is 22.8. The normalized spacial score (nSPS) is 10.0. The average Bonchev–Trinajstić information content (AvgIpc) is 2.42. The third-order valence-electron chi connectivity index (χ3n) is 2.84. The van der Waals surface area contributed by atoms with Gasteiger partial charge in [0.05, 0.1) is 17.8 Å². The number of nitrogens with one attached hydrogen (secondary N) is 1. The van der Waals surface area contributed by atoms with Crippen molar-refractivity contribution in [2.24, 2.45) is 5.73 Å². The molecule has 2 aromatic carbocycles. The Morgan fingerprint density at radius 1 is 1.00 bits per heavy atom. The van der Waals surface area contributed by atoms with Gasteiger partial charge in [-0.15, -0.1) is 0 Å². The van der Waals surface area contributed by atoms with E-state index in [2.05, 4.69) is 5.32 Å². The number of para-hydroxylation sites is 2. The van der Waals surface area contributed by atoms with Crippen molar-refractivity contribution < 1.29 is 9.59 Å². The summed E-state index contributed by atoms with van der Waals surface area (Å²) in [6.45, 7) is 0. The van der Waals surface area contributed by atoms with Crippen LogP contribution in [-0.2, 0) is 11.2 Å². The Morgan fingerprint density at radius 2 is 1.65 bits per heavy atom. The fourth-order valence-electron chi connectivity index (χ4n) is 1.78. The molecule has 0 atom stereocenters. The average molecular weight is 269 g/mol. The van der Waals surface area contributed by atoms with Crippen LogP contribution in [0.5, 0.6) is 0 Å². The van der Waals surface area contributed by atoms with E-state index in [0.717, 1.165) is 5.56 Å². The van der Waals surface area contributed by atoms with Crippen molar-refractivity contribution in [1.82, 2.24) is 0 Å². The topological polar surface area (TPSA) is 98.2 Å². The number of amides is 2. The lowest BCUT2D eigenvalue weighted by Gasteiger charge is -2.08. The highest BCUT2D eigenvalue weighted by molar-refractivity contribution is 5.95. The Balaban J connectivity index is 2.01. The summed E-state index contributed by atoms with van der Waals surface area (Å²) < 4.78 is 0. The largest absolute Gasteiger partial charge is 0.397 e. The van der Waals surface area contributed by atoms with Gasteiger partial charge in [-0.05, 0) is 29.8 Å². The highest BCUT2D eigenvalue weighted by atomic mass is 16.1. The Bertz CT molecular complexity index is 636. The maximum atomic E-state index is 11.9. The third kappa shape index (κ3) is 3.35. The van der Waals surface area contributed by atoms with Crippen molar-refractivity contribution in [3.63, 3.8) is 0 Å². The van der Waals surface area contributed by atoms with Crippen molar-refractivity contribution in [1.29, 1.82) is 0 Å². The van der Waals surface area contributed by atoms with Gasteiger partial charge in [0.1, 0.15) is 0 Å². The SMILES string of the molecule is NC(=O)c1ccc(CC(=O)Nc2ccccc2N)cc1. The molecule has 0 saturated carbocycles. The van der Waals surface area contributed by atoms with Gasteiger partial charge in [0.15, 0.2) is 0 Å². The summed E-state index contributed by atoms with van der Waals surface area (Å²) in [5.74, 6) is -0.659. The number of nitrogen functional groups attached to an aromatic ring is 1. The first-order valence-electron chi connectivity index (χ1n) is 6.09. The van der Waals surface area contributed by atoms with E-state index >= 15 is 0 Å². The second kappa shape index (κ2) is 5.88. The molecule has 20 heavy (non-hydrogen) atoms. The molecule has 0 aliphatic heterocycles. The fourth-order valence-corrected chi connectivity index (χ4v) is 1.78. The molecule has 5 heteroatoms. The second-order valence-corrected chi connectivity index (χ2v) is 4.37. The summed E-state index contributed by atoms with van der Waals surface area (Å²) in [5.41, 5.74) is 13.2. The first-order chi connectivity index (χ1) is 9.56. The summed E-state index contributed by atoms with van der Waals surface area (Å²) in [5, 5.41) is 2.74. The van der Waals surface area contributed by atoms with Crippen LogP contribution in [-0.4, -0.2) is 11.8 Å². The van der Waals surface area contributed by atoms with Gasteiger partial charge >= 0.3 is 0 Å². The van der Waals surface area contributed by atoms with Crippen LogP contribution in [0.25, 0.3) is 0 Å². The molecular weight excluding hydrogens is 254 g/mol. The van der Waals surface area contributed by atoms with Crippen LogP contribution in [0.4, 0.5) is 11.4 Å². The molecule has 0 radical (unpaired) electrons. The lowest BCUT2D eigenvalue weighted by Crippen LogP contribution is -2.16. The molecule has 0 spiro atoms. The van der Waals surface area contributed by atoms with Gasteiger partial charge in [-0.2, -0.15) is 0 Å². The molecule has 0 bridgehead atoms. The summed E-state index contributed by atoms with van der Waals surface area (Å²) >= 11 is 0. The smallest absolute Gasteiger partial charge is 0.248 e. The zero-order valence-electron chi connectivity index (χ0n) is 10.8. The zero-order chi connectivity index (χ0) is 14.5. The predicted octanol–water partition coefficient (Wildman–Crippen LogP) is 1.55. The van der Waals surface area contributed by atoms with Crippen LogP contribution < -0.4 is 16.8 Å². The van der Waals surface area contributed by atoms with Crippen molar-refractivity contribution >= 4 is 23.2 Å². The first kappa shape index (κ1) is 13.6. The van der Waals surface area contributed by atoms with Crippen LogP contribution in [0.3, 0.4) is 0 Å². The first-order valence-corrected chi connectivity index (χ1v) is 6.09. The molecule has 0 unspecified atom stereocenters. The van der Waals surface area contributed by atoms with Gasteiger partial charge in [-0.3, -0.25) is 9.59 Å². The number of rotatable bonds is 4. The molecule has 102 valence electrons. The maximum absolute atomic E-state index is 11.9. The lowest BCUT2D eigenvalue weighted by molar-refractivity contribution is -0.115.